The van der Waals surface area contributed by atoms with Crippen LogP contribution in [0.5, 0.6) is 0 Å². The van der Waals surface area contributed by atoms with Crippen LogP contribution in [0, 0.1) is 0 Å². The summed E-state index contributed by atoms with van der Waals surface area (Å²) in [7, 11) is 3.65. The number of allylic oxidation sites excluding steroid dienone is 1. The summed E-state index contributed by atoms with van der Waals surface area (Å²) in [6.45, 7) is 1.15. The first-order valence-corrected chi connectivity index (χ1v) is 12.0. The number of hydrogen-bond donors (Lipinski definition) is 1. The van der Waals surface area contributed by atoms with E-state index in [4.69, 9.17) is 32.9 Å². The van der Waals surface area contributed by atoms with Crippen LogP contribution >= 0.6 is 23.2 Å². The number of carbonyl (C=O) groups is 2. The van der Waals surface area contributed by atoms with Gasteiger partial charge in [-0.1, -0.05) is 53.5 Å². The summed E-state index contributed by atoms with van der Waals surface area (Å²) in [5, 5.41) is 2.01. The number of benzene rings is 2. The van der Waals surface area contributed by atoms with Gasteiger partial charge < -0.3 is 15.0 Å². The minimum Gasteiger partial charge on any atom is -0.460 e. The Labute approximate surface area is 217 Å². The summed E-state index contributed by atoms with van der Waals surface area (Å²) in [5.41, 5.74) is 2.61. The van der Waals surface area contributed by atoms with Gasteiger partial charge in [-0.15, -0.1) is 0 Å². The fourth-order valence-corrected chi connectivity index (χ4v) is 4.01. The van der Waals surface area contributed by atoms with Gasteiger partial charge in [0.05, 0.1) is 10.9 Å². The van der Waals surface area contributed by atoms with Crippen molar-refractivity contribution in [3.8, 4) is 0 Å². The third kappa shape index (κ3) is 5.67. The van der Waals surface area contributed by atoms with Crippen LogP contribution in [0.15, 0.2) is 63.4 Å². The highest BCUT2D eigenvalue weighted by Crippen LogP contribution is 2.28. The van der Waals surface area contributed by atoms with E-state index in [1.165, 1.54) is 0 Å². The first-order valence-electron chi connectivity index (χ1n) is 11.2. The van der Waals surface area contributed by atoms with Gasteiger partial charge in [0.15, 0.2) is 0 Å². The third-order valence-corrected chi connectivity index (χ3v) is 6.39. The van der Waals surface area contributed by atoms with E-state index in [0.29, 0.717) is 41.9 Å². The second-order valence-corrected chi connectivity index (χ2v) is 9.23. The quantitative estimate of drug-likeness (QED) is 0.368. The molecule has 10 heteroatoms. The lowest BCUT2D eigenvalue weighted by Gasteiger charge is -2.11. The predicted molar refractivity (Wildman–Crippen MR) is 142 cm³/mol. The Morgan fingerprint density at radius 1 is 1.14 bits per heavy atom. The number of amides is 1. The van der Waals surface area contributed by atoms with E-state index in [9.17, 15) is 14.4 Å². The molecule has 2 heterocycles. The Hall–Kier alpha value is -3.46. The highest BCUT2D eigenvalue weighted by Gasteiger charge is 2.22. The molecule has 186 valence electrons. The molecule has 1 aromatic heterocycles. The van der Waals surface area contributed by atoms with Crippen LogP contribution in [-0.4, -0.2) is 53.6 Å². The van der Waals surface area contributed by atoms with Gasteiger partial charge >= 0.3 is 5.97 Å². The second-order valence-electron chi connectivity index (χ2n) is 8.48. The van der Waals surface area contributed by atoms with Crippen molar-refractivity contribution in [2.45, 2.75) is 13.0 Å². The molecule has 0 bridgehead atoms. The largest absolute Gasteiger partial charge is 0.460 e. The number of esters is 1. The molecule has 0 spiro atoms. The van der Waals surface area contributed by atoms with Crippen LogP contribution in [0.4, 0.5) is 5.69 Å². The molecule has 0 radical (unpaired) electrons. The Morgan fingerprint density at radius 2 is 1.89 bits per heavy atom. The van der Waals surface area contributed by atoms with Crippen LogP contribution in [0.2, 0.25) is 0 Å². The number of carbonyl (C=O) groups excluding carboxylic acids is 2. The van der Waals surface area contributed by atoms with Crippen LogP contribution < -0.4 is 10.9 Å². The van der Waals surface area contributed by atoms with Gasteiger partial charge in [-0.3, -0.25) is 14.2 Å². The molecule has 3 aromatic rings. The third-order valence-electron chi connectivity index (χ3n) is 5.59. The number of hydrogen-bond acceptors (Lipinski definition) is 6. The van der Waals surface area contributed by atoms with Gasteiger partial charge in [-0.05, 0) is 55.9 Å². The summed E-state index contributed by atoms with van der Waals surface area (Å²) in [5.74, 6) is -1.07. The molecule has 0 fully saturated rings. The summed E-state index contributed by atoms with van der Waals surface area (Å²) in [6, 6.07) is 14.6. The van der Waals surface area contributed by atoms with Gasteiger partial charge in [-0.25, -0.2) is 9.78 Å². The minimum atomic E-state index is -0.889. The monoisotopic (exact) mass is 526 g/mol. The zero-order valence-corrected chi connectivity index (χ0v) is 21.3. The van der Waals surface area contributed by atoms with Gasteiger partial charge in [0, 0.05) is 18.8 Å². The lowest BCUT2D eigenvalue weighted by molar-refractivity contribution is -0.138. The van der Waals surface area contributed by atoms with E-state index in [1.807, 2.05) is 55.4 Å². The molecular formula is C26H24Cl2N4O4. The Bertz CT molecular complexity index is 1450. The summed E-state index contributed by atoms with van der Waals surface area (Å²) in [6.07, 6.45) is 2.72. The van der Waals surface area contributed by atoms with Crippen molar-refractivity contribution >= 4 is 63.3 Å². The van der Waals surface area contributed by atoms with E-state index in [2.05, 4.69) is 5.32 Å². The number of rotatable bonds is 7. The highest BCUT2D eigenvalue weighted by molar-refractivity contribution is 6.54. The first kappa shape index (κ1) is 25.6. The zero-order valence-electron chi connectivity index (χ0n) is 19.8. The number of aromatic nitrogens is 2. The van der Waals surface area contributed by atoms with E-state index >= 15 is 0 Å². The fourth-order valence-electron chi connectivity index (χ4n) is 3.74. The first-order chi connectivity index (χ1) is 17.2. The lowest BCUT2D eigenvalue weighted by Crippen LogP contribution is -2.21. The van der Waals surface area contributed by atoms with Gasteiger partial charge in [0.2, 0.25) is 0 Å². The Balaban J connectivity index is 1.58. The van der Waals surface area contributed by atoms with Gasteiger partial charge in [-0.2, -0.15) is 0 Å². The molecule has 0 saturated carbocycles. The fraction of sp³-hybridized carbons (Fsp3) is 0.231. The number of ether oxygens (including phenoxy) is 1. The number of fused-ring (bicyclic) bond motifs is 2. The summed E-state index contributed by atoms with van der Waals surface area (Å²) >= 11 is 12.0. The average molecular weight is 527 g/mol. The second kappa shape index (κ2) is 11.1. The number of likely N-dealkylation sites (N-methyl/N-ethyl adjacent to an activating group) is 1. The topological polar surface area (TPSA) is 93.5 Å². The molecule has 0 unspecified atom stereocenters. The van der Waals surface area contributed by atoms with Crippen molar-refractivity contribution in [3.05, 3.63) is 80.3 Å². The summed E-state index contributed by atoms with van der Waals surface area (Å²) in [4.78, 5) is 44.2. The van der Waals surface area contributed by atoms with Crippen LogP contribution in [-0.2, 0) is 20.9 Å². The molecule has 1 amide bonds. The Kier molecular flexibility index (Phi) is 7.88. The van der Waals surface area contributed by atoms with E-state index in [-0.39, 0.29) is 12.2 Å². The number of anilines is 1. The minimum absolute atomic E-state index is 0.102. The van der Waals surface area contributed by atoms with Crippen molar-refractivity contribution in [1.82, 2.24) is 14.5 Å². The predicted octanol–water partition coefficient (Wildman–Crippen LogP) is 4.07. The standard InChI is InChI=1S/C26H24Cl2N4O4/c1-31(2)12-13-36-26(35)22(28)21(27)24(33)29-18-8-9-19-20(15-18)30-23-17(10-11-32(23)25(19)34)14-16-6-4-3-5-7-16/h3-9,14-15H,10-13H2,1-2H3,(H,29,33). The zero-order chi connectivity index (χ0) is 25.8. The van der Waals surface area contributed by atoms with Gasteiger partial charge in [0.25, 0.3) is 11.5 Å². The van der Waals surface area contributed by atoms with Crippen molar-refractivity contribution < 1.29 is 14.3 Å². The van der Waals surface area contributed by atoms with Crippen LogP contribution in [0.1, 0.15) is 17.8 Å². The Morgan fingerprint density at radius 3 is 2.61 bits per heavy atom. The molecule has 8 nitrogen and oxygen atoms in total. The maximum Gasteiger partial charge on any atom is 0.351 e. The molecule has 1 N–H and O–H groups in total. The van der Waals surface area contributed by atoms with Crippen LogP contribution in [0.3, 0.4) is 0 Å². The number of nitrogens with one attached hydrogen (secondary N) is 1. The van der Waals surface area contributed by atoms with E-state index in [1.54, 1.807) is 22.8 Å². The van der Waals surface area contributed by atoms with E-state index in [0.717, 1.165) is 11.1 Å². The molecule has 0 aliphatic carbocycles. The maximum atomic E-state index is 13.1. The molecule has 2 aromatic carbocycles. The van der Waals surface area contributed by atoms with Crippen molar-refractivity contribution in [1.29, 1.82) is 0 Å². The SMILES string of the molecule is CN(C)CCOC(=O)C(Cl)=C(Cl)C(=O)Nc1ccc2c(=O)n3c(nc2c1)C(=Cc1ccccc1)CC3. The molecule has 1 aliphatic rings. The molecule has 4 rings (SSSR count). The molecule has 36 heavy (non-hydrogen) atoms. The molecule has 0 atom stereocenters. The van der Waals surface area contributed by atoms with Crippen LogP contribution in [0.25, 0.3) is 22.6 Å². The molecule has 1 aliphatic heterocycles. The lowest BCUT2D eigenvalue weighted by atomic mass is 10.1. The smallest absolute Gasteiger partial charge is 0.351 e. The van der Waals surface area contributed by atoms with E-state index < -0.39 is 21.9 Å². The van der Waals surface area contributed by atoms with Gasteiger partial charge in [0.1, 0.15) is 22.5 Å². The number of nitrogens with zero attached hydrogens (tertiary/aromatic N) is 3. The molecule has 0 saturated heterocycles. The normalized spacial score (nSPS) is 14.6. The van der Waals surface area contributed by atoms with Crippen molar-refractivity contribution in [2.24, 2.45) is 0 Å². The maximum absolute atomic E-state index is 13.1. The highest BCUT2D eigenvalue weighted by atomic mass is 35.5. The molecular weight excluding hydrogens is 503 g/mol. The average Bonchev–Trinajstić information content (AvgIpc) is 3.26. The number of halogens is 2. The van der Waals surface area contributed by atoms with Crippen molar-refractivity contribution in [3.63, 3.8) is 0 Å². The van der Waals surface area contributed by atoms with Crippen molar-refractivity contribution in [2.75, 3.05) is 32.6 Å². The summed E-state index contributed by atoms with van der Waals surface area (Å²) < 4.78 is 6.68.